The van der Waals surface area contributed by atoms with Gasteiger partial charge in [0, 0.05) is 6.04 Å². The number of sulfone groups is 1. The standard InChI is InChI=1S/C11H12BrFN2O4S/c12-8-4-10(11(15(16)17)5-9(8)13)14-7-2-1-3-20(18,19)6-7/h4-5,7,14H,1-3,6H2. The van der Waals surface area contributed by atoms with Crippen LogP contribution >= 0.6 is 15.9 Å². The summed E-state index contributed by atoms with van der Waals surface area (Å²) in [4.78, 5) is 10.2. The summed E-state index contributed by atoms with van der Waals surface area (Å²) in [5, 5.41) is 13.8. The molecule has 110 valence electrons. The van der Waals surface area contributed by atoms with Gasteiger partial charge in [-0.15, -0.1) is 0 Å². The Morgan fingerprint density at radius 3 is 2.75 bits per heavy atom. The van der Waals surface area contributed by atoms with Gasteiger partial charge in [0.2, 0.25) is 0 Å². The van der Waals surface area contributed by atoms with Crippen molar-refractivity contribution in [3.63, 3.8) is 0 Å². The third kappa shape index (κ3) is 3.45. The van der Waals surface area contributed by atoms with Crippen molar-refractivity contribution >= 4 is 37.1 Å². The normalized spacial score (nSPS) is 21.4. The molecule has 0 spiro atoms. The lowest BCUT2D eigenvalue weighted by atomic mass is 10.1. The van der Waals surface area contributed by atoms with Crippen LogP contribution in [0.1, 0.15) is 12.8 Å². The van der Waals surface area contributed by atoms with Crippen molar-refractivity contribution < 1.29 is 17.7 Å². The summed E-state index contributed by atoms with van der Waals surface area (Å²) in [6.07, 6.45) is 1.11. The van der Waals surface area contributed by atoms with Gasteiger partial charge in [0.1, 0.15) is 11.5 Å². The predicted octanol–water partition coefficient (Wildman–Crippen LogP) is 2.49. The molecule has 20 heavy (non-hydrogen) atoms. The lowest BCUT2D eigenvalue weighted by Gasteiger charge is -2.24. The Morgan fingerprint density at radius 1 is 1.45 bits per heavy atom. The van der Waals surface area contributed by atoms with Gasteiger partial charge in [-0.2, -0.15) is 0 Å². The molecular weight excluding hydrogens is 355 g/mol. The maximum absolute atomic E-state index is 13.3. The van der Waals surface area contributed by atoms with Crippen molar-refractivity contribution in [1.29, 1.82) is 0 Å². The van der Waals surface area contributed by atoms with Gasteiger partial charge >= 0.3 is 0 Å². The third-order valence-corrected chi connectivity index (χ3v) is 5.49. The molecule has 0 aromatic heterocycles. The number of nitrogens with one attached hydrogen (secondary N) is 1. The molecule has 1 unspecified atom stereocenters. The Kier molecular flexibility index (Phi) is 4.28. The highest BCUT2D eigenvalue weighted by molar-refractivity contribution is 9.10. The van der Waals surface area contributed by atoms with E-state index in [0.717, 1.165) is 6.07 Å². The van der Waals surface area contributed by atoms with Gasteiger partial charge in [0.15, 0.2) is 9.84 Å². The Labute approximate surface area is 123 Å². The summed E-state index contributed by atoms with van der Waals surface area (Å²) in [5.74, 6) is -0.669. The molecule has 0 aliphatic carbocycles. The molecule has 1 aliphatic rings. The molecule has 2 rings (SSSR count). The number of rotatable bonds is 3. The largest absolute Gasteiger partial charge is 0.376 e. The second kappa shape index (κ2) is 5.65. The van der Waals surface area contributed by atoms with Crippen LogP contribution in [0.2, 0.25) is 0 Å². The number of nitrogens with zero attached hydrogens (tertiary/aromatic N) is 1. The highest BCUT2D eigenvalue weighted by atomic mass is 79.9. The molecule has 1 fully saturated rings. The van der Waals surface area contributed by atoms with Crippen LogP contribution in [-0.2, 0) is 9.84 Å². The molecule has 1 heterocycles. The SMILES string of the molecule is O=[N+]([O-])c1cc(F)c(Br)cc1NC1CCCS(=O)(=O)C1. The van der Waals surface area contributed by atoms with E-state index in [9.17, 15) is 22.9 Å². The fourth-order valence-electron chi connectivity index (χ4n) is 2.16. The molecule has 9 heteroatoms. The minimum absolute atomic E-state index is 0.0703. The number of nitro groups is 1. The fourth-order valence-corrected chi connectivity index (χ4v) is 4.14. The minimum Gasteiger partial charge on any atom is -0.376 e. The fraction of sp³-hybridized carbons (Fsp3) is 0.455. The van der Waals surface area contributed by atoms with Crippen LogP contribution in [0.25, 0.3) is 0 Å². The van der Waals surface area contributed by atoms with E-state index in [-0.39, 0.29) is 21.7 Å². The molecule has 0 bridgehead atoms. The smallest absolute Gasteiger partial charge is 0.295 e. The van der Waals surface area contributed by atoms with Gasteiger partial charge in [-0.3, -0.25) is 10.1 Å². The lowest BCUT2D eigenvalue weighted by molar-refractivity contribution is -0.384. The number of halogens is 2. The molecule has 1 aliphatic heterocycles. The van der Waals surface area contributed by atoms with Crippen molar-refractivity contribution in [2.45, 2.75) is 18.9 Å². The number of benzene rings is 1. The summed E-state index contributed by atoms with van der Waals surface area (Å²) in [6, 6.07) is 1.67. The number of anilines is 1. The quantitative estimate of drug-likeness (QED) is 0.655. The van der Waals surface area contributed by atoms with Crippen molar-refractivity contribution in [3.05, 3.63) is 32.5 Å². The molecule has 6 nitrogen and oxygen atoms in total. The first kappa shape index (κ1) is 15.2. The first-order valence-electron chi connectivity index (χ1n) is 5.89. The average Bonchev–Trinajstić information content (AvgIpc) is 2.32. The van der Waals surface area contributed by atoms with Gasteiger partial charge in [-0.05, 0) is 34.8 Å². The van der Waals surface area contributed by atoms with Crippen molar-refractivity contribution in [1.82, 2.24) is 0 Å². The van der Waals surface area contributed by atoms with E-state index in [1.54, 1.807) is 0 Å². The van der Waals surface area contributed by atoms with Crippen LogP contribution in [-0.4, -0.2) is 30.9 Å². The summed E-state index contributed by atoms with van der Waals surface area (Å²) in [5.41, 5.74) is -0.293. The van der Waals surface area contributed by atoms with Crippen molar-refractivity contribution in [2.75, 3.05) is 16.8 Å². The molecule has 0 radical (unpaired) electrons. The van der Waals surface area contributed by atoms with E-state index in [1.165, 1.54) is 6.07 Å². The van der Waals surface area contributed by atoms with Crippen LogP contribution < -0.4 is 5.32 Å². The lowest BCUT2D eigenvalue weighted by Crippen LogP contribution is -2.35. The molecule has 1 aromatic rings. The van der Waals surface area contributed by atoms with Gasteiger partial charge in [0.25, 0.3) is 5.69 Å². The highest BCUT2D eigenvalue weighted by Crippen LogP contribution is 2.32. The summed E-state index contributed by atoms with van der Waals surface area (Å²) >= 11 is 2.96. The van der Waals surface area contributed by atoms with Gasteiger partial charge in [-0.25, -0.2) is 12.8 Å². The Balaban J connectivity index is 2.29. The zero-order valence-corrected chi connectivity index (χ0v) is 12.7. The van der Waals surface area contributed by atoms with Crippen LogP contribution in [0, 0.1) is 15.9 Å². The van der Waals surface area contributed by atoms with Crippen LogP contribution in [0.5, 0.6) is 0 Å². The zero-order valence-electron chi connectivity index (χ0n) is 10.3. The van der Waals surface area contributed by atoms with Gasteiger partial charge < -0.3 is 5.32 Å². The molecule has 1 N–H and O–H groups in total. The summed E-state index contributed by atoms with van der Waals surface area (Å²) in [6.45, 7) is 0. The Hall–Kier alpha value is -1.22. The number of hydrogen-bond donors (Lipinski definition) is 1. The maximum Gasteiger partial charge on any atom is 0.295 e. The summed E-state index contributed by atoms with van der Waals surface area (Å²) in [7, 11) is -3.12. The van der Waals surface area contributed by atoms with E-state index >= 15 is 0 Å². The molecule has 1 aromatic carbocycles. The average molecular weight is 367 g/mol. The second-order valence-corrected chi connectivity index (χ2v) is 7.72. The van der Waals surface area contributed by atoms with E-state index in [1.807, 2.05) is 0 Å². The zero-order chi connectivity index (χ0) is 14.9. The highest BCUT2D eigenvalue weighted by Gasteiger charge is 2.27. The van der Waals surface area contributed by atoms with E-state index < -0.39 is 32.3 Å². The Morgan fingerprint density at radius 2 is 2.15 bits per heavy atom. The van der Waals surface area contributed by atoms with Crippen LogP contribution in [0.3, 0.4) is 0 Å². The molecular formula is C11H12BrFN2O4S. The Bertz CT molecular complexity index is 650. The minimum atomic E-state index is -3.12. The first-order chi connectivity index (χ1) is 9.28. The topological polar surface area (TPSA) is 89.3 Å². The third-order valence-electron chi connectivity index (χ3n) is 3.06. The van der Waals surface area contributed by atoms with Crippen molar-refractivity contribution in [2.24, 2.45) is 0 Å². The summed E-state index contributed by atoms with van der Waals surface area (Å²) < 4.78 is 36.5. The van der Waals surface area contributed by atoms with Gasteiger partial charge in [0.05, 0.1) is 27.0 Å². The monoisotopic (exact) mass is 366 g/mol. The van der Waals surface area contributed by atoms with Crippen LogP contribution in [0.4, 0.5) is 15.8 Å². The predicted molar refractivity (Wildman–Crippen MR) is 76.1 cm³/mol. The number of hydrogen-bond acceptors (Lipinski definition) is 5. The first-order valence-corrected chi connectivity index (χ1v) is 8.50. The maximum atomic E-state index is 13.3. The van der Waals surface area contributed by atoms with E-state index in [4.69, 9.17) is 0 Å². The van der Waals surface area contributed by atoms with Gasteiger partial charge in [-0.1, -0.05) is 0 Å². The molecule has 1 saturated heterocycles. The number of nitro benzene ring substituents is 1. The van der Waals surface area contributed by atoms with E-state index in [0.29, 0.717) is 12.8 Å². The van der Waals surface area contributed by atoms with E-state index in [2.05, 4.69) is 21.2 Å². The molecule has 0 saturated carbocycles. The molecule has 1 atom stereocenters. The van der Waals surface area contributed by atoms with Crippen molar-refractivity contribution in [3.8, 4) is 0 Å². The van der Waals surface area contributed by atoms with Crippen LogP contribution in [0.15, 0.2) is 16.6 Å². The second-order valence-electron chi connectivity index (χ2n) is 4.64. The molecule has 0 amide bonds.